The molecule has 18 heavy (non-hydrogen) atoms. The van der Waals surface area contributed by atoms with E-state index in [2.05, 4.69) is 20.3 Å². The molecule has 106 valence electrons. The van der Waals surface area contributed by atoms with E-state index in [4.69, 9.17) is 0 Å². The number of nitrogens with one attached hydrogen (secondary N) is 3. The Balaban J connectivity index is 2.14. The SMILES string of the molecule is CCNC(=NCC1CC1)NCCCNS(C)(=O)=O. The monoisotopic (exact) mass is 276 g/mol. The number of nitrogens with zero attached hydrogens (tertiary/aromatic N) is 1. The largest absolute Gasteiger partial charge is 0.357 e. The molecule has 0 bridgehead atoms. The lowest BCUT2D eigenvalue weighted by Crippen LogP contribution is -2.38. The van der Waals surface area contributed by atoms with Crippen LogP contribution in [0.3, 0.4) is 0 Å². The number of sulfonamides is 1. The molecule has 0 aromatic heterocycles. The van der Waals surface area contributed by atoms with Gasteiger partial charge >= 0.3 is 0 Å². The average Bonchev–Trinajstić information content (AvgIpc) is 3.07. The van der Waals surface area contributed by atoms with E-state index in [0.717, 1.165) is 31.4 Å². The van der Waals surface area contributed by atoms with E-state index >= 15 is 0 Å². The number of rotatable bonds is 8. The summed E-state index contributed by atoms with van der Waals surface area (Å²) in [5, 5.41) is 6.37. The number of hydrogen-bond acceptors (Lipinski definition) is 3. The van der Waals surface area contributed by atoms with Crippen LogP contribution in [0.1, 0.15) is 26.2 Å². The van der Waals surface area contributed by atoms with Gasteiger partial charge in [0.1, 0.15) is 0 Å². The van der Waals surface area contributed by atoms with Gasteiger partial charge in [0.15, 0.2) is 5.96 Å². The van der Waals surface area contributed by atoms with Crippen LogP contribution in [0.2, 0.25) is 0 Å². The zero-order valence-corrected chi connectivity index (χ0v) is 12.0. The molecule has 0 aromatic carbocycles. The lowest BCUT2D eigenvalue weighted by atomic mass is 10.4. The second kappa shape index (κ2) is 7.58. The predicted octanol–water partition coefficient (Wildman–Crippen LogP) is -0.109. The van der Waals surface area contributed by atoms with E-state index in [0.29, 0.717) is 13.1 Å². The van der Waals surface area contributed by atoms with E-state index in [9.17, 15) is 8.42 Å². The highest BCUT2D eigenvalue weighted by Crippen LogP contribution is 2.28. The molecule has 1 aliphatic rings. The molecule has 0 unspecified atom stereocenters. The second-order valence-electron chi connectivity index (χ2n) is 4.61. The third-order valence-electron chi connectivity index (χ3n) is 2.56. The molecule has 1 fully saturated rings. The van der Waals surface area contributed by atoms with E-state index in [1.165, 1.54) is 19.1 Å². The van der Waals surface area contributed by atoms with Crippen molar-refractivity contribution in [1.82, 2.24) is 15.4 Å². The smallest absolute Gasteiger partial charge is 0.208 e. The first-order valence-electron chi connectivity index (χ1n) is 6.48. The van der Waals surface area contributed by atoms with E-state index in [-0.39, 0.29) is 0 Å². The average molecular weight is 276 g/mol. The minimum atomic E-state index is -3.07. The van der Waals surface area contributed by atoms with Gasteiger partial charge in [0.2, 0.25) is 10.0 Å². The van der Waals surface area contributed by atoms with Crippen molar-refractivity contribution >= 4 is 16.0 Å². The van der Waals surface area contributed by atoms with Crippen LogP contribution in [0.5, 0.6) is 0 Å². The first-order chi connectivity index (χ1) is 8.51. The van der Waals surface area contributed by atoms with Crippen molar-refractivity contribution in [3.8, 4) is 0 Å². The summed E-state index contributed by atoms with van der Waals surface area (Å²) in [6, 6.07) is 0. The van der Waals surface area contributed by atoms with Gasteiger partial charge in [-0.15, -0.1) is 0 Å². The fraction of sp³-hybridized carbons (Fsp3) is 0.909. The molecule has 0 saturated heterocycles. The van der Waals surface area contributed by atoms with Gasteiger partial charge < -0.3 is 10.6 Å². The molecule has 0 spiro atoms. The van der Waals surface area contributed by atoms with Gasteiger partial charge in [-0.3, -0.25) is 4.99 Å². The molecule has 0 aliphatic heterocycles. The number of aliphatic imine (C=N–C) groups is 1. The van der Waals surface area contributed by atoms with E-state index in [1.54, 1.807) is 0 Å². The molecule has 0 amide bonds. The Hall–Kier alpha value is -0.820. The van der Waals surface area contributed by atoms with E-state index in [1.807, 2.05) is 6.92 Å². The van der Waals surface area contributed by atoms with Crippen molar-refractivity contribution in [2.45, 2.75) is 26.2 Å². The Bertz CT molecular complexity index is 363. The van der Waals surface area contributed by atoms with Gasteiger partial charge in [0.25, 0.3) is 0 Å². The fourth-order valence-corrected chi connectivity index (χ4v) is 1.93. The summed E-state index contributed by atoms with van der Waals surface area (Å²) in [7, 11) is -3.07. The highest BCUT2D eigenvalue weighted by molar-refractivity contribution is 7.88. The predicted molar refractivity (Wildman–Crippen MR) is 74.2 cm³/mol. The molecule has 7 heteroatoms. The third-order valence-corrected chi connectivity index (χ3v) is 3.29. The maximum absolute atomic E-state index is 10.8. The van der Waals surface area contributed by atoms with Gasteiger partial charge in [-0.1, -0.05) is 0 Å². The summed E-state index contributed by atoms with van der Waals surface area (Å²) >= 11 is 0. The second-order valence-corrected chi connectivity index (χ2v) is 6.44. The molecule has 0 radical (unpaired) electrons. The summed E-state index contributed by atoms with van der Waals surface area (Å²) in [5.74, 6) is 1.59. The molecule has 0 aromatic rings. The summed E-state index contributed by atoms with van der Waals surface area (Å²) in [6.45, 7) is 4.90. The first-order valence-corrected chi connectivity index (χ1v) is 8.37. The Morgan fingerprint density at radius 2 is 2.00 bits per heavy atom. The lowest BCUT2D eigenvalue weighted by molar-refractivity contribution is 0.584. The van der Waals surface area contributed by atoms with Crippen molar-refractivity contribution in [2.75, 3.05) is 32.4 Å². The van der Waals surface area contributed by atoms with Crippen LogP contribution in [0.25, 0.3) is 0 Å². The van der Waals surface area contributed by atoms with Crippen LogP contribution in [0, 0.1) is 5.92 Å². The van der Waals surface area contributed by atoms with Gasteiger partial charge in [0, 0.05) is 26.2 Å². The number of guanidine groups is 1. The molecule has 0 heterocycles. The molecule has 1 rings (SSSR count). The zero-order valence-electron chi connectivity index (χ0n) is 11.2. The van der Waals surface area contributed by atoms with Crippen LogP contribution >= 0.6 is 0 Å². The quantitative estimate of drug-likeness (QED) is 0.328. The standard InChI is InChI=1S/C11H24N4O2S/c1-3-12-11(14-9-10-5-6-10)13-7-4-8-15-18(2,16)17/h10,15H,3-9H2,1-2H3,(H2,12,13,14). The van der Waals surface area contributed by atoms with Crippen molar-refractivity contribution in [2.24, 2.45) is 10.9 Å². The van der Waals surface area contributed by atoms with Gasteiger partial charge in [0.05, 0.1) is 6.26 Å². The maximum Gasteiger partial charge on any atom is 0.208 e. The van der Waals surface area contributed by atoms with Crippen LogP contribution in [0.4, 0.5) is 0 Å². The lowest BCUT2D eigenvalue weighted by Gasteiger charge is -2.11. The van der Waals surface area contributed by atoms with Crippen molar-refractivity contribution in [3.63, 3.8) is 0 Å². The normalized spacial score (nSPS) is 16.7. The molecular weight excluding hydrogens is 252 g/mol. The van der Waals surface area contributed by atoms with Crippen LogP contribution in [-0.4, -0.2) is 46.8 Å². The summed E-state index contributed by atoms with van der Waals surface area (Å²) in [4.78, 5) is 4.48. The maximum atomic E-state index is 10.8. The topological polar surface area (TPSA) is 82.6 Å². The summed E-state index contributed by atoms with van der Waals surface area (Å²) in [6.07, 6.45) is 4.49. The van der Waals surface area contributed by atoms with Crippen LogP contribution in [-0.2, 0) is 10.0 Å². The van der Waals surface area contributed by atoms with E-state index < -0.39 is 10.0 Å². The van der Waals surface area contributed by atoms with Gasteiger partial charge in [-0.2, -0.15) is 0 Å². The Kier molecular flexibility index (Phi) is 6.42. The van der Waals surface area contributed by atoms with Crippen LogP contribution in [0.15, 0.2) is 4.99 Å². The van der Waals surface area contributed by atoms with Gasteiger partial charge in [-0.25, -0.2) is 13.1 Å². The zero-order chi connectivity index (χ0) is 13.4. The molecule has 3 N–H and O–H groups in total. The summed E-state index contributed by atoms with van der Waals surface area (Å²) in [5.41, 5.74) is 0. The highest BCUT2D eigenvalue weighted by atomic mass is 32.2. The highest BCUT2D eigenvalue weighted by Gasteiger charge is 2.20. The molecular formula is C11H24N4O2S. The van der Waals surface area contributed by atoms with Crippen molar-refractivity contribution in [3.05, 3.63) is 0 Å². The van der Waals surface area contributed by atoms with Crippen molar-refractivity contribution < 1.29 is 8.42 Å². The Morgan fingerprint density at radius 1 is 1.28 bits per heavy atom. The Morgan fingerprint density at radius 3 is 2.56 bits per heavy atom. The third kappa shape index (κ3) is 8.30. The fourth-order valence-electron chi connectivity index (χ4n) is 1.42. The molecule has 6 nitrogen and oxygen atoms in total. The summed E-state index contributed by atoms with van der Waals surface area (Å²) < 4.78 is 24.2. The molecule has 1 saturated carbocycles. The van der Waals surface area contributed by atoms with Gasteiger partial charge in [-0.05, 0) is 32.1 Å². The first kappa shape index (κ1) is 15.2. The number of hydrogen-bond donors (Lipinski definition) is 3. The Labute approximate surface area is 110 Å². The van der Waals surface area contributed by atoms with Crippen LogP contribution < -0.4 is 15.4 Å². The molecule has 1 aliphatic carbocycles. The molecule has 0 atom stereocenters. The minimum Gasteiger partial charge on any atom is -0.357 e. The minimum absolute atomic E-state index is 0.452. The van der Waals surface area contributed by atoms with Crippen molar-refractivity contribution in [1.29, 1.82) is 0 Å².